The number of carboxylic acids is 1. The number of hydrogen-bond donors (Lipinski definition) is 2. The van der Waals surface area contributed by atoms with Gasteiger partial charge in [0, 0.05) is 11.5 Å². The summed E-state index contributed by atoms with van der Waals surface area (Å²) in [4.78, 5) is 30.0. The largest absolute Gasteiger partial charge is 0.503 e. The van der Waals surface area contributed by atoms with Gasteiger partial charge < -0.3 is 14.9 Å². The quantitative estimate of drug-likeness (QED) is 0.536. The van der Waals surface area contributed by atoms with Crippen LogP contribution in [0.1, 0.15) is 15.9 Å². The Bertz CT molecular complexity index is 1080. The zero-order valence-corrected chi connectivity index (χ0v) is 19.1. The van der Waals surface area contributed by atoms with Gasteiger partial charge in [-0.25, -0.2) is 9.79 Å². The second kappa shape index (κ2) is 8.60. The molecule has 150 valence electrons. The Labute approximate surface area is 187 Å². The number of carboxylic acid groups (broad SMARTS) is 1. The molecule has 0 aliphatic carbocycles. The molecule has 0 saturated carbocycles. The number of amidine groups is 1. The number of ether oxygens (including phenoxy) is 1. The van der Waals surface area contributed by atoms with Gasteiger partial charge in [-0.2, -0.15) is 0 Å². The van der Waals surface area contributed by atoms with Crippen molar-refractivity contribution in [1.29, 1.82) is 0 Å². The number of carbonyl (C=O) groups excluding carboxylic acids is 1. The number of amides is 1. The molecule has 0 aromatic heterocycles. The van der Waals surface area contributed by atoms with Gasteiger partial charge in [0.1, 0.15) is 0 Å². The van der Waals surface area contributed by atoms with E-state index in [0.717, 1.165) is 11.8 Å². The average Bonchev–Trinajstić information content (AvgIpc) is 2.96. The van der Waals surface area contributed by atoms with Gasteiger partial charge in [-0.1, -0.05) is 6.07 Å². The maximum atomic E-state index is 12.7. The van der Waals surface area contributed by atoms with Crippen LogP contribution in [0.2, 0.25) is 0 Å². The maximum absolute atomic E-state index is 12.7. The van der Waals surface area contributed by atoms with E-state index in [1.807, 2.05) is 0 Å². The fourth-order valence-corrected chi connectivity index (χ4v) is 4.30. The Balaban J connectivity index is 1.98. The predicted octanol–water partition coefficient (Wildman–Crippen LogP) is 4.86. The lowest BCUT2D eigenvalue weighted by molar-refractivity contribution is -0.121. The van der Waals surface area contributed by atoms with Crippen molar-refractivity contribution >= 4 is 72.4 Å². The molecule has 1 heterocycles. The molecule has 3 rings (SSSR count). The lowest BCUT2D eigenvalue weighted by atomic mass is 10.2. The molecule has 0 unspecified atom stereocenters. The van der Waals surface area contributed by atoms with Gasteiger partial charge in [-0.05, 0) is 79.5 Å². The molecule has 0 atom stereocenters. The van der Waals surface area contributed by atoms with Gasteiger partial charge in [0.2, 0.25) is 0 Å². The van der Waals surface area contributed by atoms with Crippen LogP contribution in [0.3, 0.4) is 0 Å². The number of phenolic OH excluding ortho intramolecular Hbond substituents is 1. The van der Waals surface area contributed by atoms with Crippen molar-refractivity contribution in [2.75, 3.05) is 14.2 Å². The van der Waals surface area contributed by atoms with E-state index in [1.54, 1.807) is 31.3 Å². The van der Waals surface area contributed by atoms with E-state index in [4.69, 9.17) is 9.84 Å². The van der Waals surface area contributed by atoms with E-state index in [-0.39, 0.29) is 23.0 Å². The smallest absolute Gasteiger partial charge is 0.335 e. The van der Waals surface area contributed by atoms with Crippen LogP contribution >= 0.6 is 43.6 Å². The molecule has 7 nitrogen and oxygen atoms in total. The van der Waals surface area contributed by atoms with Crippen LogP contribution < -0.4 is 4.74 Å². The molecule has 0 bridgehead atoms. The van der Waals surface area contributed by atoms with Crippen LogP contribution in [0, 0.1) is 0 Å². The molecular formula is C19H14Br2N2O5S. The molecule has 1 amide bonds. The van der Waals surface area contributed by atoms with E-state index in [2.05, 4.69) is 36.9 Å². The van der Waals surface area contributed by atoms with E-state index in [0.29, 0.717) is 30.3 Å². The van der Waals surface area contributed by atoms with Crippen LogP contribution in [0.15, 0.2) is 49.2 Å². The van der Waals surface area contributed by atoms with Gasteiger partial charge in [0.15, 0.2) is 16.7 Å². The topological polar surface area (TPSA) is 99.4 Å². The molecule has 2 aromatic carbocycles. The van der Waals surface area contributed by atoms with Gasteiger partial charge in [0.25, 0.3) is 5.91 Å². The minimum atomic E-state index is -1.05. The highest BCUT2D eigenvalue weighted by Crippen LogP contribution is 2.43. The summed E-state index contributed by atoms with van der Waals surface area (Å²) in [5.74, 6) is -1.09. The van der Waals surface area contributed by atoms with E-state index in [9.17, 15) is 14.7 Å². The first-order valence-corrected chi connectivity index (χ1v) is 10.5. The number of carbonyl (C=O) groups is 2. The molecule has 2 aromatic rings. The number of likely N-dealkylation sites (N-methyl/N-ethyl adjacent to an activating group) is 1. The summed E-state index contributed by atoms with van der Waals surface area (Å²) in [6.07, 6.45) is 1.66. The monoisotopic (exact) mass is 540 g/mol. The summed E-state index contributed by atoms with van der Waals surface area (Å²) in [5.41, 5.74) is 1.18. The zero-order chi connectivity index (χ0) is 21.3. The van der Waals surface area contributed by atoms with Crippen molar-refractivity contribution in [3.8, 4) is 11.5 Å². The average molecular weight is 542 g/mol. The summed E-state index contributed by atoms with van der Waals surface area (Å²) in [7, 11) is 3.03. The number of thioether (sulfide) groups is 1. The van der Waals surface area contributed by atoms with E-state index < -0.39 is 5.97 Å². The second-order valence-electron chi connectivity index (χ2n) is 5.87. The highest BCUT2D eigenvalue weighted by molar-refractivity contribution is 9.13. The summed E-state index contributed by atoms with van der Waals surface area (Å²) in [6, 6.07) is 7.78. The van der Waals surface area contributed by atoms with Gasteiger partial charge >= 0.3 is 5.97 Å². The Morgan fingerprint density at radius 2 is 2.00 bits per heavy atom. The maximum Gasteiger partial charge on any atom is 0.335 e. The number of aliphatic imine (C=N–C) groups is 1. The van der Waals surface area contributed by atoms with Gasteiger partial charge in [0.05, 0.1) is 27.7 Å². The lowest BCUT2D eigenvalue weighted by Crippen LogP contribution is -2.23. The molecule has 10 heteroatoms. The number of nitrogens with zero attached hydrogens (tertiary/aromatic N) is 2. The van der Waals surface area contributed by atoms with Crippen molar-refractivity contribution in [3.05, 3.63) is 55.3 Å². The highest BCUT2D eigenvalue weighted by atomic mass is 79.9. The molecule has 1 aliphatic heterocycles. The number of aromatic hydroxyl groups is 1. The number of benzene rings is 2. The SMILES string of the molecule is COc1cc(/C=C2\SC(=Nc3cccc(C(=O)O)c3)N(C)C2=O)c(Br)c(Br)c1O. The first-order valence-electron chi connectivity index (χ1n) is 8.07. The molecule has 0 radical (unpaired) electrons. The van der Waals surface area contributed by atoms with Crippen molar-refractivity contribution in [1.82, 2.24) is 4.90 Å². The number of phenols is 1. The normalized spacial score (nSPS) is 16.7. The van der Waals surface area contributed by atoms with Crippen LogP contribution in [-0.4, -0.2) is 46.3 Å². The van der Waals surface area contributed by atoms with Crippen molar-refractivity contribution in [2.45, 2.75) is 0 Å². The van der Waals surface area contributed by atoms with Gasteiger partial charge in [-0.3, -0.25) is 9.69 Å². The zero-order valence-electron chi connectivity index (χ0n) is 15.1. The second-order valence-corrected chi connectivity index (χ2v) is 8.46. The summed E-state index contributed by atoms with van der Waals surface area (Å²) >= 11 is 7.86. The third-order valence-electron chi connectivity index (χ3n) is 4.00. The van der Waals surface area contributed by atoms with Gasteiger partial charge in [-0.15, -0.1) is 0 Å². The van der Waals surface area contributed by atoms with Crippen LogP contribution in [0.25, 0.3) is 6.08 Å². The number of hydrogen-bond acceptors (Lipinski definition) is 6. The van der Waals surface area contributed by atoms with Crippen molar-refractivity contribution in [3.63, 3.8) is 0 Å². The predicted molar refractivity (Wildman–Crippen MR) is 119 cm³/mol. The molecular weight excluding hydrogens is 528 g/mol. The third kappa shape index (κ3) is 4.34. The molecule has 1 aliphatic rings. The minimum absolute atomic E-state index is 0.0513. The first-order chi connectivity index (χ1) is 13.7. The van der Waals surface area contributed by atoms with Crippen molar-refractivity contribution in [2.24, 2.45) is 4.99 Å². The molecule has 29 heavy (non-hydrogen) atoms. The Kier molecular flexibility index (Phi) is 6.35. The lowest BCUT2D eigenvalue weighted by Gasteiger charge is -2.10. The fourth-order valence-electron chi connectivity index (χ4n) is 2.48. The number of methoxy groups -OCH3 is 1. The van der Waals surface area contributed by atoms with Crippen LogP contribution in [0.5, 0.6) is 11.5 Å². The van der Waals surface area contributed by atoms with E-state index in [1.165, 1.54) is 24.1 Å². The Morgan fingerprint density at radius 3 is 2.66 bits per heavy atom. The summed E-state index contributed by atoms with van der Waals surface area (Å²) in [6.45, 7) is 0. The van der Waals surface area contributed by atoms with Crippen LogP contribution in [-0.2, 0) is 4.79 Å². The van der Waals surface area contributed by atoms with Crippen molar-refractivity contribution < 1.29 is 24.5 Å². The number of rotatable bonds is 4. The molecule has 1 fully saturated rings. The summed E-state index contributed by atoms with van der Waals surface area (Å²) < 4.78 is 6.14. The Morgan fingerprint density at radius 1 is 1.28 bits per heavy atom. The van der Waals surface area contributed by atoms with Crippen LogP contribution in [0.4, 0.5) is 5.69 Å². The standard InChI is InChI=1S/C19H14Br2N2O5S/c1-23-17(25)13(8-10-7-12(28-2)16(24)15(21)14(10)20)29-19(23)22-11-5-3-4-9(6-11)18(26)27/h3-8,24H,1-2H3,(H,26,27)/b13-8-,22-19?. The minimum Gasteiger partial charge on any atom is -0.503 e. The molecule has 2 N–H and O–H groups in total. The summed E-state index contributed by atoms with van der Waals surface area (Å²) in [5, 5.41) is 19.6. The first kappa shape index (κ1) is 21.4. The molecule has 0 spiro atoms. The number of halogens is 2. The third-order valence-corrected chi connectivity index (χ3v) is 7.22. The van der Waals surface area contributed by atoms with E-state index >= 15 is 0 Å². The fraction of sp³-hybridized carbons (Fsp3) is 0.105. The number of aromatic carboxylic acids is 1. The Hall–Kier alpha value is -2.30. The molecule has 1 saturated heterocycles. The highest BCUT2D eigenvalue weighted by Gasteiger charge is 2.31.